The monoisotopic (exact) mass is 184 g/mol. The second kappa shape index (κ2) is 4.76. The van der Waals surface area contributed by atoms with Gasteiger partial charge in [-0.1, -0.05) is 5.92 Å². The molecule has 0 radical (unpaired) electrons. The molecule has 1 fully saturated rings. The van der Waals surface area contributed by atoms with Crippen LogP contribution < -0.4 is 11.1 Å². The van der Waals surface area contributed by atoms with Crippen LogP contribution in [-0.2, 0) is 0 Å². The lowest BCUT2D eigenvalue weighted by molar-refractivity contribution is 0.323. The van der Waals surface area contributed by atoms with E-state index in [0.717, 1.165) is 12.8 Å². The molecule has 0 aromatic carbocycles. The number of terminal acetylenes is 1. The van der Waals surface area contributed by atoms with Crippen molar-refractivity contribution in [2.45, 2.75) is 18.4 Å². The van der Waals surface area contributed by atoms with E-state index >= 15 is 0 Å². The molecule has 3 heteroatoms. The number of nitrogens with two attached hydrogens (primary N) is 1. The predicted molar refractivity (Wildman–Crippen MR) is 55.2 cm³/mol. The van der Waals surface area contributed by atoms with Crippen LogP contribution in [0.5, 0.6) is 0 Å². The van der Waals surface area contributed by atoms with Crippen molar-refractivity contribution in [1.29, 1.82) is 0 Å². The minimum atomic E-state index is 0.137. The molecule has 1 aliphatic rings. The lowest BCUT2D eigenvalue weighted by Gasteiger charge is -2.36. The Hall–Kier alpha value is -0.170. The van der Waals surface area contributed by atoms with Gasteiger partial charge in [0, 0.05) is 12.1 Å². The van der Waals surface area contributed by atoms with Crippen LogP contribution in [0.15, 0.2) is 0 Å². The Morgan fingerprint density at radius 2 is 2.17 bits per heavy atom. The molecule has 0 aromatic heterocycles. The first-order chi connectivity index (χ1) is 5.83. The molecule has 0 atom stereocenters. The van der Waals surface area contributed by atoms with Crippen molar-refractivity contribution >= 4 is 11.8 Å². The van der Waals surface area contributed by atoms with Crippen molar-refractivity contribution in [3.63, 3.8) is 0 Å². The van der Waals surface area contributed by atoms with Crippen LogP contribution in [0.1, 0.15) is 12.8 Å². The first kappa shape index (κ1) is 9.91. The molecular weight excluding hydrogens is 168 g/mol. The Bertz CT molecular complexity index is 168. The summed E-state index contributed by atoms with van der Waals surface area (Å²) in [4.78, 5) is 0. The Labute approximate surface area is 78.7 Å². The van der Waals surface area contributed by atoms with Gasteiger partial charge in [0.2, 0.25) is 0 Å². The fourth-order valence-corrected chi connectivity index (χ4v) is 2.73. The third-order valence-corrected chi connectivity index (χ3v) is 3.39. The summed E-state index contributed by atoms with van der Waals surface area (Å²) in [6, 6.07) is 0. The van der Waals surface area contributed by atoms with E-state index < -0.39 is 0 Å². The Morgan fingerprint density at radius 1 is 1.50 bits per heavy atom. The second-order valence-corrected chi connectivity index (χ2v) is 4.38. The lowest BCUT2D eigenvalue weighted by atomic mass is 9.92. The topological polar surface area (TPSA) is 38.0 Å². The van der Waals surface area contributed by atoms with Gasteiger partial charge in [0.15, 0.2) is 0 Å². The van der Waals surface area contributed by atoms with Crippen LogP contribution in [0, 0.1) is 12.3 Å². The molecule has 0 saturated carbocycles. The van der Waals surface area contributed by atoms with Gasteiger partial charge >= 0.3 is 0 Å². The summed E-state index contributed by atoms with van der Waals surface area (Å²) < 4.78 is 0. The van der Waals surface area contributed by atoms with Crippen molar-refractivity contribution in [2.75, 3.05) is 24.6 Å². The zero-order chi connectivity index (χ0) is 8.86. The number of hydrogen-bond donors (Lipinski definition) is 2. The van der Waals surface area contributed by atoms with E-state index in [0.29, 0.717) is 13.1 Å². The number of hydrogen-bond acceptors (Lipinski definition) is 3. The summed E-state index contributed by atoms with van der Waals surface area (Å²) in [6.45, 7) is 1.34. The van der Waals surface area contributed by atoms with Gasteiger partial charge in [-0.3, -0.25) is 5.32 Å². The fourth-order valence-electron chi connectivity index (χ4n) is 1.45. The molecule has 0 amide bonds. The molecule has 1 aliphatic heterocycles. The van der Waals surface area contributed by atoms with E-state index in [9.17, 15) is 0 Å². The third-order valence-electron chi connectivity index (χ3n) is 2.41. The highest BCUT2D eigenvalue weighted by atomic mass is 32.2. The maximum atomic E-state index is 5.74. The van der Waals surface area contributed by atoms with Crippen molar-refractivity contribution < 1.29 is 0 Å². The normalized spacial score (nSPS) is 21.7. The first-order valence-electron chi connectivity index (χ1n) is 4.29. The zero-order valence-electron chi connectivity index (χ0n) is 7.31. The molecule has 1 saturated heterocycles. The van der Waals surface area contributed by atoms with Crippen LogP contribution in [-0.4, -0.2) is 30.1 Å². The van der Waals surface area contributed by atoms with E-state index in [1.807, 2.05) is 11.8 Å². The standard InChI is InChI=1S/C9H16N2S/c1-2-5-11-9(8-10)3-6-12-7-4-9/h1,11H,3-8,10H2. The lowest BCUT2D eigenvalue weighted by Crippen LogP contribution is -2.53. The van der Waals surface area contributed by atoms with Crippen LogP contribution in [0.2, 0.25) is 0 Å². The van der Waals surface area contributed by atoms with E-state index in [2.05, 4.69) is 11.2 Å². The van der Waals surface area contributed by atoms with E-state index in [1.165, 1.54) is 11.5 Å². The first-order valence-corrected chi connectivity index (χ1v) is 5.45. The van der Waals surface area contributed by atoms with Crippen LogP contribution in [0.3, 0.4) is 0 Å². The van der Waals surface area contributed by atoms with Gasteiger partial charge in [0.05, 0.1) is 6.54 Å². The van der Waals surface area contributed by atoms with Gasteiger partial charge < -0.3 is 5.73 Å². The SMILES string of the molecule is C#CCNC1(CN)CCSCC1. The molecule has 0 bridgehead atoms. The maximum absolute atomic E-state index is 5.74. The van der Waals surface area contributed by atoms with Crippen LogP contribution in [0.25, 0.3) is 0 Å². The highest BCUT2D eigenvalue weighted by Gasteiger charge is 2.29. The van der Waals surface area contributed by atoms with Crippen LogP contribution in [0.4, 0.5) is 0 Å². The molecule has 0 spiro atoms. The summed E-state index contributed by atoms with van der Waals surface area (Å²) in [5.74, 6) is 5.01. The quantitative estimate of drug-likeness (QED) is 0.625. The van der Waals surface area contributed by atoms with E-state index in [4.69, 9.17) is 12.2 Å². The van der Waals surface area contributed by atoms with E-state index in [-0.39, 0.29) is 5.54 Å². The third kappa shape index (κ3) is 2.41. The number of rotatable bonds is 3. The molecule has 0 aromatic rings. The molecule has 3 N–H and O–H groups in total. The fraction of sp³-hybridized carbons (Fsp3) is 0.778. The highest BCUT2D eigenvalue weighted by Crippen LogP contribution is 2.25. The van der Waals surface area contributed by atoms with E-state index in [1.54, 1.807) is 0 Å². The Balaban J connectivity index is 2.43. The molecular formula is C9H16N2S. The molecule has 68 valence electrons. The summed E-state index contributed by atoms with van der Waals surface area (Å²) in [7, 11) is 0. The van der Waals surface area contributed by atoms with Crippen molar-refractivity contribution in [2.24, 2.45) is 5.73 Å². The number of nitrogens with one attached hydrogen (secondary N) is 1. The largest absolute Gasteiger partial charge is 0.329 e. The Morgan fingerprint density at radius 3 is 2.67 bits per heavy atom. The van der Waals surface area contributed by atoms with Gasteiger partial charge in [-0.2, -0.15) is 11.8 Å². The summed E-state index contributed by atoms with van der Waals surface area (Å²) in [5, 5.41) is 3.36. The molecule has 12 heavy (non-hydrogen) atoms. The zero-order valence-corrected chi connectivity index (χ0v) is 8.12. The minimum Gasteiger partial charge on any atom is -0.329 e. The Kier molecular flexibility index (Phi) is 3.93. The minimum absolute atomic E-state index is 0.137. The summed E-state index contributed by atoms with van der Waals surface area (Å²) in [5.41, 5.74) is 5.88. The highest BCUT2D eigenvalue weighted by molar-refractivity contribution is 7.99. The van der Waals surface area contributed by atoms with Gasteiger partial charge in [0.25, 0.3) is 0 Å². The van der Waals surface area contributed by atoms with Gasteiger partial charge in [-0.25, -0.2) is 0 Å². The summed E-state index contributed by atoms with van der Waals surface area (Å²) >= 11 is 2.00. The molecule has 1 rings (SSSR count). The average molecular weight is 184 g/mol. The maximum Gasteiger partial charge on any atom is 0.0578 e. The van der Waals surface area contributed by atoms with Gasteiger partial charge in [-0.05, 0) is 24.3 Å². The van der Waals surface area contributed by atoms with Crippen molar-refractivity contribution in [3.8, 4) is 12.3 Å². The number of thioether (sulfide) groups is 1. The van der Waals surface area contributed by atoms with Crippen LogP contribution >= 0.6 is 11.8 Å². The summed E-state index contributed by atoms with van der Waals surface area (Å²) in [6.07, 6.45) is 7.50. The average Bonchev–Trinajstić information content (AvgIpc) is 2.16. The molecule has 0 aliphatic carbocycles. The smallest absolute Gasteiger partial charge is 0.0578 e. The second-order valence-electron chi connectivity index (χ2n) is 3.15. The van der Waals surface area contributed by atoms with Crippen molar-refractivity contribution in [3.05, 3.63) is 0 Å². The predicted octanol–water partition coefficient (Wildman–Crippen LogP) is 0.434. The van der Waals surface area contributed by atoms with Gasteiger partial charge in [0.1, 0.15) is 0 Å². The van der Waals surface area contributed by atoms with Crippen molar-refractivity contribution in [1.82, 2.24) is 5.32 Å². The molecule has 2 nitrogen and oxygen atoms in total. The molecule has 0 unspecified atom stereocenters. The van der Waals surface area contributed by atoms with Gasteiger partial charge in [-0.15, -0.1) is 6.42 Å². The molecule has 1 heterocycles.